The third-order valence-electron chi connectivity index (χ3n) is 7.46. The SMILES string of the molecule is CC(C)Oc1ccc(C(=O)N[C@]2(C(F)(F)F)C(=O)N(C3CCCCCC3)C3=C2C(=O)CC(C)(C)C3)cc1. The van der Waals surface area contributed by atoms with Crippen LogP contribution in [0.3, 0.4) is 0 Å². The molecule has 2 amide bonds. The van der Waals surface area contributed by atoms with E-state index in [4.69, 9.17) is 4.74 Å². The Morgan fingerprint density at radius 3 is 2.16 bits per heavy atom. The van der Waals surface area contributed by atoms with E-state index in [2.05, 4.69) is 0 Å². The van der Waals surface area contributed by atoms with Crippen molar-refractivity contribution in [3.63, 3.8) is 0 Å². The van der Waals surface area contributed by atoms with E-state index >= 15 is 13.2 Å². The van der Waals surface area contributed by atoms with Crippen LogP contribution in [0.15, 0.2) is 35.5 Å². The first kappa shape index (κ1) is 27.2. The van der Waals surface area contributed by atoms with Gasteiger partial charge in [0.1, 0.15) is 5.75 Å². The fourth-order valence-corrected chi connectivity index (χ4v) is 5.88. The second-order valence-electron chi connectivity index (χ2n) is 11.5. The Bertz CT molecular complexity index is 1100. The second-order valence-corrected chi connectivity index (χ2v) is 11.5. The Hall–Kier alpha value is -2.84. The maximum atomic E-state index is 15.0. The van der Waals surface area contributed by atoms with Crippen LogP contribution in [0.1, 0.15) is 89.4 Å². The summed E-state index contributed by atoms with van der Waals surface area (Å²) < 4.78 is 50.7. The minimum Gasteiger partial charge on any atom is -0.491 e. The largest absolute Gasteiger partial charge is 0.491 e. The second kappa shape index (κ2) is 9.80. The lowest BCUT2D eigenvalue weighted by molar-refractivity contribution is -0.191. The van der Waals surface area contributed by atoms with Crippen LogP contribution in [0.2, 0.25) is 0 Å². The van der Waals surface area contributed by atoms with Gasteiger partial charge in [-0.05, 0) is 62.8 Å². The molecule has 1 fully saturated rings. The van der Waals surface area contributed by atoms with E-state index in [-0.39, 0.29) is 30.2 Å². The van der Waals surface area contributed by atoms with Crippen LogP contribution in [0.25, 0.3) is 0 Å². The van der Waals surface area contributed by atoms with Crippen molar-refractivity contribution in [2.75, 3.05) is 0 Å². The van der Waals surface area contributed by atoms with Crippen LogP contribution in [0.4, 0.5) is 13.2 Å². The standard InChI is InChI=1S/C28H35F3N2O4/c1-17(2)37-20-13-11-18(12-14-20)24(35)32-27(28(29,30)31)23-21(15-26(3,4)16-22(23)34)33(25(27)36)19-9-7-5-6-8-10-19/h11-14,17,19H,5-10,15-16H2,1-4H3,(H,32,35)/t27-/m0/s1. The van der Waals surface area contributed by atoms with E-state index in [1.165, 1.54) is 29.2 Å². The molecule has 4 rings (SSSR count). The summed E-state index contributed by atoms with van der Waals surface area (Å²) in [7, 11) is 0. The summed E-state index contributed by atoms with van der Waals surface area (Å²) in [6, 6.07) is 5.24. The van der Waals surface area contributed by atoms with E-state index in [1.807, 2.05) is 33.0 Å². The summed E-state index contributed by atoms with van der Waals surface area (Å²) in [5.74, 6) is -2.62. The molecule has 6 nitrogen and oxygen atoms in total. The molecule has 0 unspecified atom stereocenters. The third-order valence-corrected chi connectivity index (χ3v) is 7.46. The van der Waals surface area contributed by atoms with E-state index in [0.717, 1.165) is 25.7 Å². The molecule has 1 aromatic rings. The maximum absolute atomic E-state index is 15.0. The number of benzene rings is 1. The number of allylic oxidation sites excluding steroid dienone is 1. The van der Waals surface area contributed by atoms with Gasteiger partial charge < -0.3 is 15.0 Å². The number of hydrogen-bond donors (Lipinski definition) is 1. The Kier molecular flexibility index (Phi) is 7.20. The van der Waals surface area contributed by atoms with Gasteiger partial charge >= 0.3 is 6.18 Å². The van der Waals surface area contributed by atoms with Crippen molar-refractivity contribution >= 4 is 17.6 Å². The lowest BCUT2D eigenvalue weighted by Crippen LogP contribution is -2.66. The van der Waals surface area contributed by atoms with Crippen molar-refractivity contribution in [1.29, 1.82) is 0 Å². The number of rotatable bonds is 5. The van der Waals surface area contributed by atoms with E-state index < -0.39 is 46.3 Å². The van der Waals surface area contributed by atoms with Crippen LogP contribution in [-0.2, 0) is 9.59 Å². The molecular formula is C28H35F3N2O4. The Morgan fingerprint density at radius 2 is 1.62 bits per heavy atom. The third kappa shape index (κ3) is 5.01. The highest BCUT2D eigenvalue weighted by Crippen LogP contribution is 2.53. The average Bonchev–Trinajstić information content (AvgIpc) is 2.93. The number of amides is 2. The summed E-state index contributed by atoms with van der Waals surface area (Å²) in [6.07, 6.45) is -0.678. The van der Waals surface area contributed by atoms with Crippen molar-refractivity contribution in [3.8, 4) is 5.75 Å². The predicted octanol–water partition coefficient (Wildman–Crippen LogP) is 5.71. The first-order valence-electron chi connectivity index (χ1n) is 13.0. The average molecular weight is 521 g/mol. The molecule has 2 aliphatic carbocycles. The zero-order valence-corrected chi connectivity index (χ0v) is 21.8. The minimum absolute atomic E-state index is 0.0637. The van der Waals surface area contributed by atoms with Crippen molar-refractivity contribution in [2.24, 2.45) is 5.41 Å². The molecule has 1 atom stereocenters. The molecule has 1 aromatic carbocycles. The highest BCUT2D eigenvalue weighted by molar-refractivity contribution is 6.14. The Labute approximate surface area is 215 Å². The molecule has 0 saturated heterocycles. The molecule has 0 radical (unpaired) electrons. The molecule has 0 spiro atoms. The molecule has 0 bridgehead atoms. The highest BCUT2D eigenvalue weighted by atomic mass is 19.4. The topological polar surface area (TPSA) is 75.7 Å². The number of halogens is 3. The van der Waals surface area contributed by atoms with E-state index in [0.29, 0.717) is 18.6 Å². The van der Waals surface area contributed by atoms with Gasteiger partial charge in [0.2, 0.25) is 5.54 Å². The zero-order chi connectivity index (χ0) is 27.2. The smallest absolute Gasteiger partial charge is 0.425 e. The van der Waals surface area contributed by atoms with Crippen molar-refractivity contribution in [3.05, 3.63) is 41.1 Å². The summed E-state index contributed by atoms with van der Waals surface area (Å²) in [6.45, 7) is 7.29. The van der Waals surface area contributed by atoms with Gasteiger partial charge in [0, 0.05) is 23.7 Å². The zero-order valence-electron chi connectivity index (χ0n) is 21.8. The quantitative estimate of drug-likeness (QED) is 0.505. The van der Waals surface area contributed by atoms with Crippen LogP contribution in [-0.4, -0.2) is 46.4 Å². The van der Waals surface area contributed by atoms with Crippen molar-refractivity contribution < 1.29 is 32.3 Å². The van der Waals surface area contributed by atoms with Gasteiger partial charge in [-0.25, -0.2) is 0 Å². The van der Waals surface area contributed by atoms with E-state index in [1.54, 1.807) is 0 Å². The number of Topliss-reactive ketones (excluding diaryl/α,β-unsaturated/α-hetero) is 1. The normalized spacial score (nSPS) is 24.8. The lowest BCUT2D eigenvalue weighted by Gasteiger charge is -2.36. The van der Waals surface area contributed by atoms with Crippen LogP contribution >= 0.6 is 0 Å². The first-order chi connectivity index (χ1) is 17.3. The fraction of sp³-hybridized carbons (Fsp3) is 0.607. The minimum atomic E-state index is -5.21. The van der Waals surface area contributed by atoms with E-state index in [9.17, 15) is 14.4 Å². The Morgan fingerprint density at radius 1 is 1.03 bits per heavy atom. The molecule has 3 aliphatic rings. The van der Waals surface area contributed by atoms with Gasteiger partial charge in [-0.15, -0.1) is 0 Å². The highest BCUT2D eigenvalue weighted by Gasteiger charge is 2.72. The van der Waals surface area contributed by atoms with Crippen molar-refractivity contribution in [2.45, 2.75) is 103 Å². The molecular weight excluding hydrogens is 485 g/mol. The number of hydrogen-bond acceptors (Lipinski definition) is 4. The van der Waals surface area contributed by atoms with Crippen LogP contribution < -0.4 is 10.1 Å². The molecule has 37 heavy (non-hydrogen) atoms. The number of alkyl halides is 3. The van der Waals surface area contributed by atoms with Gasteiger partial charge in [-0.2, -0.15) is 13.2 Å². The van der Waals surface area contributed by atoms with Gasteiger partial charge in [0.25, 0.3) is 11.8 Å². The summed E-state index contributed by atoms with van der Waals surface area (Å²) in [4.78, 5) is 41.7. The van der Waals surface area contributed by atoms with Crippen molar-refractivity contribution in [1.82, 2.24) is 10.2 Å². The van der Waals surface area contributed by atoms with Crippen LogP contribution in [0, 0.1) is 5.41 Å². The first-order valence-corrected chi connectivity index (χ1v) is 13.0. The number of carbonyl (C=O) groups excluding carboxylic acids is 3. The molecule has 1 heterocycles. The number of nitrogens with zero attached hydrogens (tertiary/aromatic N) is 1. The monoisotopic (exact) mass is 520 g/mol. The van der Waals surface area contributed by atoms with Gasteiger partial charge in [0.15, 0.2) is 5.78 Å². The number of ether oxygens (including phenoxy) is 1. The summed E-state index contributed by atoms with van der Waals surface area (Å²) >= 11 is 0. The molecule has 1 aliphatic heterocycles. The number of carbonyl (C=O) groups is 3. The summed E-state index contributed by atoms with van der Waals surface area (Å²) in [5, 5.41) is 2.03. The molecule has 9 heteroatoms. The fourth-order valence-electron chi connectivity index (χ4n) is 5.88. The Balaban J connectivity index is 1.79. The molecule has 1 N–H and O–H groups in total. The predicted molar refractivity (Wildman–Crippen MR) is 132 cm³/mol. The van der Waals surface area contributed by atoms with Gasteiger partial charge in [-0.3, -0.25) is 14.4 Å². The molecule has 1 saturated carbocycles. The number of nitrogens with one attached hydrogen (secondary N) is 1. The maximum Gasteiger partial charge on any atom is 0.425 e. The van der Waals surface area contributed by atoms with Crippen LogP contribution in [0.5, 0.6) is 5.75 Å². The van der Waals surface area contributed by atoms with Gasteiger partial charge in [-0.1, -0.05) is 39.5 Å². The van der Waals surface area contributed by atoms with Gasteiger partial charge in [0.05, 0.1) is 11.7 Å². The molecule has 202 valence electrons. The summed E-state index contributed by atoms with van der Waals surface area (Å²) in [5.41, 5.74) is -4.56. The number of ketones is 1. The lowest BCUT2D eigenvalue weighted by atomic mass is 9.72. The molecule has 0 aromatic heterocycles.